The molecular formula is C15H18N4S2. The van der Waals surface area contributed by atoms with Crippen LogP contribution >= 0.6 is 22.7 Å². The summed E-state index contributed by atoms with van der Waals surface area (Å²) in [7, 11) is 0. The maximum absolute atomic E-state index is 4.50. The van der Waals surface area contributed by atoms with Crippen LogP contribution in [-0.2, 0) is 6.54 Å². The molecule has 0 aromatic carbocycles. The van der Waals surface area contributed by atoms with E-state index in [1.807, 2.05) is 11.3 Å². The number of thiophene rings is 2. The van der Waals surface area contributed by atoms with E-state index in [4.69, 9.17) is 0 Å². The Hall–Kier alpha value is -1.24. The quantitative estimate of drug-likeness (QED) is 0.739. The van der Waals surface area contributed by atoms with Gasteiger partial charge in [-0.25, -0.2) is 0 Å². The highest BCUT2D eigenvalue weighted by molar-refractivity contribution is 7.28. The number of hydrogen-bond donors (Lipinski definition) is 1. The fourth-order valence-electron chi connectivity index (χ4n) is 2.91. The summed E-state index contributed by atoms with van der Waals surface area (Å²) in [4.78, 5) is 1.23. The van der Waals surface area contributed by atoms with Gasteiger partial charge in [0.15, 0.2) is 11.6 Å². The van der Waals surface area contributed by atoms with Crippen molar-refractivity contribution in [3.8, 4) is 10.7 Å². The van der Waals surface area contributed by atoms with E-state index in [2.05, 4.69) is 58.4 Å². The van der Waals surface area contributed by atoms with Gasteiger partial charge in [-0.1, -0.05) is 20.8 Å². The van der Waals surface area contributed by atoms with Crippen molar-refractivity contribution in [1.82, 2.24) is 20.1 Å². The summed E-state index contributed by atoms with van der Waals surface area (Å²) >= 11 is 3.60. The summed E-state index contributed by atoms with van der Waals surface area (Å²) in [6, 6.07) is 4.69. The second-order valence-electron chi connectivity index (χ2n) is 6.55. The molecule has 0 saturated heterocycles. The lowest BCUT2D eigenvalue weighted by Gasteiger charge is -2.34. The van der Waals surface area contributed by atoms with Gasteiger partial charge in [-0.15, -0.1) is 32.9 Å². The number of rotatable bonds is 1. The van der Waals surface area contributed by atoms with Crippen LogP contribution in [0.1, 0.15) is 32.6 Å². The van der Waals surface area contributed by atoms with Crippen LogP contribution in [-0.4, -0.2) is 21.3 Å². The lowest BCUT2D eigenvalue weighted by molar-refractivity contribution is 0.234. The fourth-order valence-corrected chi connectivity index (χ4v) is 5.02. The topological polar surface area (TPSA) is 42.7 Å². The minimum absolute atomic E-state index is 0.137. The van der Waals surface area contributed by atoms with Gasteiger partial charge in [0.25, 0.3) is 0 Å². The molecule has 1 aliphatic heterocycles. The van der Waals surface area contributed by atoms with Crippen molar-refractivity contribution < 1.29 is 0 Å². The maximum atomic E-state index is 4.50. The maximum Gasteiger partial charge on any atom is 0.174 e. The highest BCUT2D eigenvalue weighted by Gasteiger charge is 2.34. The van der Waals surface area contributed by atoms with Crippen molar-refractivity contribution in [2.75, 3.05) is 6.54 Å². The molecule has 3 aromatic heterocycles. The minimum Gasteiger partial charge on any atom is -0.308 e. The van der Waals surface area contributed by atoms with Crippen molar-refractivity contribution in [1.29, 1.82) is 0 Å². The molecule has 3 aromatic rings. The lowest BCUT2D eigenvalue weighted by atomic mass is 9.85. The zero-order chi connectivity index (χ0) is 14.6. The first kappa shape index (κ1) is 13.4. The molecule has 4 nitrogen and oxygen atoms in total. The van der Waals surface area contributed by atoms with Crippen molar-refractivity contribution >= 4 is 32.1 Å². The number of nitrogens with one attached hydrogen (secondary N) is 1. The van der Waals surface area contributed by atoms with Gasteiger partial charge >= 0.3 is 0 Å². The van der Waals surface area contributed by atoms with Crippen molar-refractivity contribution in [3.05, 3.63) is 23.3 Å². The number of aromatic nitrogens is 3. The zero-order valence-electron chi connectivity index (χ0n) is 12.4. The SMILES string of the molecule is CC(C)(C)C1NCCn2c(-c3cc4sccc4s3)nnc21. The van der Waals surface area contributed by atoms with E-state index >= 15 is 0 Å². The monoisotopic (exact) mass is 318 g/mol. The molecule has 0 bridgehead atoms. The summed E-state index contributed by atoms with van der Waals surface area (Å²) in [6.07, 6.45) is 0. The van der Waals surface area contributed by atoms with Gasteiger partial charge in [-0.3, -0.25) is 0 Å². The Labute approximate surface area is 131 Å². The predicted molar refractivity (Wildman–Crippen MR) is 88.9 cm³/mol. The Morgan fingerprint density at radius 1 is 1.29 bits per heavy atom. The molecule has 4 heterocycles. The molecule has 1 aliphatic rings. The van der Waals surface area contributed by atoms with Crippen molar-refractivity contribution in [2.45, 2.75) is 33.4 Å². The Balaban J connectivity index is 1.82. The normalized spacial score (nSPS) is 19.1. The Morgan fingerprint density at radius 2 is 2.14 bits per heavy atom. The molecule has 0 fully saturated rings. The standard InChI is InChI=1S/C15H18N4S2/c1-15(2,3)12-14-18-17-13(19(14)6-5-16-12)11-8-10-9(21-11)4-7-20-10/h4,7-8,12,16H,5-6H2,1-3H3. The van der Waals surface area contributed by atoms with E-state index in [0.717, 1.165) is 24.7 Å². The first-order valence-electron chi connectivity index (χ1n) is 7.18. The van der Waals surface area contributed by atoms with Crippen LogP contribution in [0.3, 0.4) is 0 Å². The van der Waals surface area contributed by atoms with Crippen LogP contribution < -0.4 is 5.32 Å². The van der Waals surface area contributed by atoms with Crippen LogP contribution in [0.15, 0.2) is 17.5 Å². The molecule has 0 radical (unpaired) electrons. The third kappa shape index (κ3) is 2.13. The fraction of sp³-hybridized carbons (Fsp3) is 0.467. The first-order valence-corrected chi connectivity index (χ1v) is 8.87. The van der Waals surface area contributed by atoms with Crippen molar-refractivity contribution in [2.24, 2.45) is 5.41 Å². The highest BCUT2D eigenvalue weighted by Crippen LogP contribution is 2.39. The minimum atomic E-state index is 0.137. The smallest absolute Gasteiger partial charge is 0.174 e. The number of nitrogens with zero attached hydrogens (tertiary/aromatic N) is 3. The third-order valence-corrected chi connectivity index (χ3v) is 6.04. The van der Waals surface area contributed by atoms with Crippen LogP contribution in [0.4, 0.5) is 0 Å². The molecular weight excluding hydrogens is 300 g/mol. The number of fused-ring (bicyclic) bond motifs is 2. The van der Waals surface area contributed by atoms with E-state index in [-0.39, 0.29) is 11.5 Å². The molecule has 110 valence electrons. The largest absolute Gasteiger partial charge is 0.308 e. The molecule has 0 aliphatic carbocycles. The second-order valence-corrected chi connectivity index (χ2v) is 8.58. The Bertz CT molecular complexity index is 762. The molecule has 0 amide bonds. The van der Waals surface area contributed by atoms with E-state index in [0.29, 0.717) is 0 Å². The van der Waals surface area contributed by atoms with Gasteiger partial charge in [-0.2, -0.15) is 0 Å². The van der Waals surface area contributed by atoms with E-state index in [9.17, 15) is 0 Å². The van der Waals surface area contributed by atoms with Crippen LogP contribution in [0.5, 0.6) is 0 Å². The van der Waals surface area contributed by atoms with Gasteiger partial charge in [-0.05, 0) is 22.9 Å². The van der Waals surface area contributed by atoms with Gasteiger partial charge in [0.1, 0.15) is 0 Å². The Morgan fingerprint density at radius 3 is 2.90 bits per heavy atom. The third-order valence-electron chi connectivity index (χ3n) is 3.95. The average molecular weight is 318 g/mol. The zero-order valence-corrected chi connectivity index (χ0v) is 14.0. The first-order chi connectivity index (χ1) is 10.0. The predicted octanol–water partition coefficient (Wildman–Crippen LogP) is 3.91. The molecule has 1 unspecified atom stereocenters. The van der Waals surface area contributed by atoms with E-state index in [1.54, 1.807) is 11.3 Å². The van der Waals surface area contributed by atoms with Crippen LogP contribution in [0, 0.1) is 5.41 Å². The molecule has 0 saturated carbocycles. The molecule has 6 heteroatoms. The average Bonchev–Trinajstić information content (AvgIpc) is 3.09. The molecule has 4 rings (SSSR count). The summed E-state index contributed by atoms with van der Waals surface area (Å²) < 4.78 is 4.98. The van der Waals surface area contributed by atoms with E-state index in [1.165, 1.54) is 14.3 Å². The second kappa shape index (κ2) is 4.63. The molecule has 0 spiro atoms. The number of hydrogen-bond acceptors (Lipinski definition) is 5. The van der Waals surface area contributed by atoms with Crippen LogP contribution in [0.2, 0.25) is 0 Å². The van der Waals surface area contributed by atoms with Crippen molar-refractivity contribution in [3.63, 3.8) is 0 Å². The molecule has 1 N–H and O–H groups in total. The molecule has 21 heavy (non-hydrogen) atoms. The highest BCUT2D eigenvalue weighted by atomic mass is 32.1. The Kier molecular flexibility index (Phi) is 2.96. The van der Waals surface area contributed by atoms with Gasteiger partial charge in [0.05, 0.1) is 10.9 Å². The summed E-state index contributed by atoms with van der Waals surface area (Å²) in [5.41, 5.74) is 0.137. The van der Waals surface area contributed by atoms with Gasteiger partial charge in [0, 0.05) is 22.5 Å². The summed E-state index contributed by atoms with van der Waals surface area (Å²) in [6.45, 7) is 8.65. The van der Waals surface area contributed by atoms with E-state index < -0.39 is 0 Å². The summed E-state index contributed by atoms with van der Waals surface area (Å²) in [5, 5.41) is 14.7. The van der Waals surface area contributed by atoms with Crippen LogP contribution in [0.25, 0.3) is 20.1 Å². The molecule has 1 atom stereocenters. The lowest BCUT2D eigenvalue weighted by Crippen LogP contribution is -2.40. The van der Waals surface area contributed by atoms with Gasteiger partial charge < -0.3 is 9.88 Å². The van der Waals surface area contributed by atoms with Gasteiger partial charge in [0.2, 0.25) is 0 Å². The summed E-state index contributed by atoms with van der Waals surface area (Å²) in [5.74, 6) is 2.09.